The van der Waals surface area contributed by atoms with Crippen molar-refractivity contribution in [3.05, 3.63) is 47.4 Å². The number of anilines is 1. The Morgan fingerprint density at radius 2 is 1.94 bits per heavy atom. The van der Waals surface area contributed by atoms with Crippen molar-refractivity contribution in [1.29, 1.82) is 0 Å². The third kappa shape index (κ3) is 6.30. The molecule has 1 fully saturated rings. The molecule has 1 aromatic carbocycles. The van der Waals surface area contributed by atoms with E-state index in [1.807, 2.05) is 19.9 Å². The van der Waals surface area contributed by atoms with Gasteiger partial charge in [0.25, 0.3) is 0 Å². The smallest absolute Gasteiger partial charge is 0.416 e. The molecule has 35 heavy (non-hydrogen) atoms. The minimum Gasteiger partial charge on any atom is -0.496 e. The second-order valence-electron chi connectivity index (χ2n) is 9.19. The summed E-state index contributed by atoms with van der Waals surface area (Å²) in [5.41, 5.74) is 1.41. The van der Waals surface area contributed by atoms with Crippen molar-refractivity contribution in [3.63, 3.8) is 0 Å². The van der Waals surface area contributed by atoms with Gasteiger partial charge in [-0.25, -0.2) is 0 Å². The Labute approximate surface area is 208 Å². The minimum absolute atomic E-state index is 0.117. The predicted octanol–water partition coefficient (Wildman–Crippen LogP) is 5.89. The zero-order valence-electron chi connectivity index (χ0n) is 20.2. The summed E-state index contributed by atoms with van der Waals surface area (Å²) in [4.78, 5) is 20.6. The van der Waals surface area contributed by atoms with Crippen molar-refractivity contribution in [2.75, 3.05) is 44.2 Å². The van der Waals surface area contributed by atoms with Gasteiger partial charge in [0.2, 0.25) is 5.12 Å². The monoisotopic (exact) mass is 507 g/mol. The van der Waals surface area contributed by atoms with Crippen LogP contribution in [0.2, 0.25) is 0 Å². The molecule has 0 spiro atoms. The van der Waals surface area contributed by atoms with Gasteiger partial charge in [0.15, 0.2) is 0 Å². The molecule has 0 aliphatic carbocycles. The quantitative estimate of drug-likeness (QED) is 0.416. The Morgan fingerprint density at radius 3 is 2.69 bits per heavy atom. The molecule has 1 saturated heterocycles. The largest absolute Gasteiger partial charge is 0.496 e. The average molecular weight is 508 g/mol. The van der Waals surface area contributed by atoms with Gasteiger partial charge in [0, 0.05) is 42.5 Å². The lowest BCUT2D eigenvalue weighted by Crippen LogP contribution is -2.31. The molecule has 1 unspecified atom stereocenters. The van der Waals surface area contributed by atoms with Gasteiger partial charge in [-0.3, -0.25) is 9.78 Å². The van der Waals surface area contributed by atoms with E-state index in [0.29, 0.717) is 12.1 Å². The Hall–Kier alpha value is -2.26. The van der Waals surface area contributed by atoms with E-state index in [4.69, 9.17) is 4.74 Å². The molecule has 0 N–H and O–H groups in total. The maximum Gasteiger partial charge on any atom is 0.416 e. The highest BCUT2D eigenvalue weighted by Gasteiger charge is 2.31. The molecule has 190 valence electrons. The summed E-state index contributed by atoms with van der Waals surface area (Å²) in [5, 5.41) is 0.997. The highest BCUT2D eigenvalue weighted by molar-refractivity contribution is 8.15. The molecule has 0 saturated carbocycles. The van der Waals surface area contributed by atoms with E-state index in [0.717, 1.165) is 92.9 Å². The Bertz CT molecular complexity index is 1090. The summed E-state index contributed by atoms with van der Waals surface area (Å²) in [6, 6.07) is 5.72. The number of halogens is 3. The van der Waals surface area contributed by atoms with E-state index in [-0.39, 0.29) is 10.4 Å². The number of unbranched alkanes of at least 4 members (excludes halogenated alkanes) is 2. The van der Waals surface area contributed by atoms with Gasteiger partial charge >= 0.3 is 6.18 Å². The summed E-state index contributed by atoms with van der Waals surface area (Å²) in [6.45, 7) is 9.14. The number of hydrogen-bond donors (Lipinski definition) is 0. The van der Waals surface area contributed by atoms with Gasteiger partial charge in [0.1, 0.15) is 5.76 Å². The van der Waals surface area contributed by atoms with Crippen molar-refractivity contribution in [2.24, 2.45) is 0 Å². The van der Waals surface area contributed by atoms with Gasteiger partial charge in [-0.15, -0.1) is 0 Å². The SMILES string of the molecule is CC1=C(OCCCCCN2CCCN(c3ccnc4cc(C(F)(F)F)ccc34)CC2)C(C)SC1=O. The summed E-state index contributed by atoms with van der Waals surface area (Å²) in [6.07, 6.45) is 1.35. The molecular formula is C26H32F3N3O2S. The van der Waals surface area contributed by atoms with E-state index in [2.05, 4.69) is 14.8 Å². The number of ether oxygens (including phenoxy) is 1. The third-order valence-corrected chi connectivity index (χ3v) is 7.77. The van der Waals surface area contributed by atoms with Crippen LogP contribution in [0.3, 0.4) is 0 Å². The molecule has 0 radical (unpaired) electrons. The highest BCUT2D eigenvalue weighted by Crippen LogP contribution is 2.35. The third-order valence-electron chi connectivity index (χ3n) is 6.68. The van der Waals surface area contributed by atoms with Crippen molar-refractivity contribution >= 4 is 33.5 Å². The van der Waals surface area contributed by atoms with E-state index in [1.54, 1.807) is 12.3 Å². The summed E-state index contributed by atoms with van der Waals surface area (Å²) < 4.78 is 45.1. The van der Waals surface area contributed by atoms with E-state index in [9.17, 15) is 18.0 Å². The van der Waals surface area contributed by atoms with Gasteiger partial charge < -0.3 is 14.5 Å². The lowest BCUT2D eigenvalue weighted by atomic mass is 10.1. The number of carbonyl (C=O) groups is 1. The van der Waals surface area contributed by atoms with Crippen LogP contribution in [-0.4, -0.2) is 59.6 Å². The van der Waals surface area contributed by atoms with Crippen molar-refractivity contribution in [3.8, 4) is 0 Å². The second-order valence-corrected chi connectivity index (χ2v) is 10.5. The molecule has 2 aliphatic rings. The Balaban J connectivity index is 1.24. The van der Waals surface area contributed by atoms with Gasteiger partial charge in [-0.05, 0) is 70.8 Å². The number of benzene rings is 1. The Kier molecular flexibility index (Phi) is 8.27. The van der Waals surface area contributed by atoms with E-state index < -0.39 is 11.7 Å². The van der Waals surface area contributed by atoms with Crippen LogP contribution in [-0.2, 0) is 15.7 Å². The van der Waals surface area contributed by atoms with Gasteiger partial charge in [-0.2, -0.15) is 13.2 Å². The van der Waals surface area contributed by atoms with E-state index in [1.165, 1.54) is 11.8 Å². The number of aromatic nitrogens is 1. The van der Waals surface area contributed by atoms with Crippen molar-refractivity contribution < 1.29 is 22.7 Å². The molecule has 1 atom stereocenters. The average Bonchev–Trinajstić information content (AvgIpc) is 2.98. The van der Waals surface area contributed by atoms with Crippen LogP contribution in [0, 0.1) is 0 Å². The van der Waals surface area contributed by atoms with Crippen molar-refractivity contribution in [1.82, 2.24) is 9.88 Å². The fourth-order valence-electron chi connectivity index (χ4n) is 4.75. The molecule has 9 heteroatoms. The first-order valence-corrected chi connectivity index (χ1v) is 13.1. The lowest BCUT2D eigenvalue weighted by molar-refractivity contribution is -0.137. The van der Waals surface area contributed by atoms with Crippen LogP contribution in [0.15, 0.2) is 41.8 Å². The van der Waals surface area contributed by atoms with Crippen LogP contribution in [0.1, 0.15) is 45.1 Å². The van der Waals surface area contributed by atoms with Crippen LogP contribution in [0.25, 0.3) is 10.9 Å². The number of thioether (sulfide) groups is 1. The van der Waals surface area contributed by atoms with Crippen LogP contribution >= 0.6 is 11.8 Å². The molecule has 0 amide bonds. The first kappa shape index (κ1) is 25.8. The van der Waals surface area contributed by atoms with Gasteiger partial charge in [-0.1, -0.05) is 17.8 Å². The zero-order valence-corrected chi connectivity index (χ0v) is 21.1. The number of hydrogen-bond acceptors (Lipinski definition) is 6. The normalized spacial score (nSPS) is 20.1. The van der Waals surface area contributed by atoms with Crippen LogP contribution in [0.4, 0.5) is 18.9 Å². The van der Waals surface area contributed by atoms with E-state index >= 15 is 0 Å². The number of nitrogens with zero attached hydrogens (tertiary/aromatic N) is 3. The number of pyridine rings is 1. The number of alkyl halides is 3. The summed E-state index contributed by atoms with van der Waals surface area (Å²) in [7, 11) is 0. The maximum absolute atomic E-state index is 13.1. The second kappa shape index (κ2) is 11.2. The Morgan fingerprint density at radius 1 is 1.11 bits per heavy atom. The number of rotatable bonds is 8. The molecular weight excluding hydrogens is 475 g/mol. The predicted molar refractivity (Wildman–Crippen MR) is 135 cm³/mol. The number of carbonyl (C=O) groups excluding carboxylic acids is 1. The topological polar surface area (TPSA) is 45.7 Å². The molecule has 4 rings (SSSR count). The summed E-state index contributed by atoms with van der Waals surface area (Å²) >= 11 is 1.33. The minimum atomic E-state index is -4.37. The van der Waals surface area contributed by atoms with Crippen LogP contribution in [0.5, 0.6) is 0 Å². The summed E-state index contributed by atoms with van der Waals surface area (Å²) in [5.74, 6) is 0.839. The fraction of sp³-hybridized carbons (Fsp3) is 0.538. The lowest BCUT2D eigenvalue weighted by Gasteiger charge is -2.25. The first-order valence-electron chi connectivity index (χ1n) is 12.2. The zero-order chi connectivity index (χ0) is 25.0. The molecule has 5 nitrogen and oxygen atoms in total. The van der Waals surface area contributed by atoms with Gasteiger partial charge in [0.05, 0.1) is 22.9 Å². The molecule has 2 aromatic rings. The molecule has 3 heterocycles. The first-order chi connectivity index (χ1) is 16.7. The standard InChI is InChI=1S/C26H32F3N3O2S/c1-18-24(19(2)35-25(18)33)34-16-5-3-4-11-31-12-6-13-32(15-14-31)23-9-10-30-22-17-20(26(27,28)29)7-8-21(22)23/h7-10,17,19H,3-6,11-16H2,1-2H3. The molecule has 2 aliphatic heterocycles. The maximum atomic E-state index is 13.1. The van der Waals surface area contributed by atoms with Crippen LogP contribution < -0.4 is 4.90 Å². The molecule has 0 bridgehead atoms. The fourth-order valence-corrected chi connectivity index (χ4v) is 5.70. The van der Waals surface area contributed by atoms with Crippen molar-refractivity contribution in [2.45, 2.75) is 51.0 Å². The highest BCUT2D eigenvalue weighted by atomic mass is 32.2. The number of fused-ring (bicyclic) bond motifs is 1. The molecule has 1 aromatic heterocycles.